The zero-order valence-corrected chi connectivity index (χ0v) is 10.7. The van der Waals surface area contributed by atoms with Gasteiger partial charge >= 0.3 is 0 Å². The highest BCUT2D eigenvalue weighted by Crippen LogP contribution is 2.38. The van der Waals surface area contributed by atoms with Crippen LogP contribution < -0.4 is 5.32 Å². The van der Waals surface area contributed by atoms with Gasteiger partial charge in [0, 0.05) is 12.0 Å². The number of rotatable bonds is 5. The zero-order valence-electron chi connectivity index (χ0n) is 10.7. The first-order valence-electron chi connectivity index (χ1n) is 7.02. The summed E-state index contributed by atoms with van der Waals surface area (Å²) >= 11 is 0. The molecule has 0 saturated heterocycles. The van der Waals surface area contributed by atoms with Crippen molar-refractivity contribution < 1.29 is 4.79 Å². The molecular formula is C14H25NO. The molecule has 0 bridgehead atoms. The van der Waals surface area contributed by atoms with Crippen LogP contribution in [0.1, 0.15) is 58.8 Å². The van der Waals surface area contributed by atoms with E-state index in [-0.39, 0.29) is 0 Å². The van der Waals surface area contributed by atoms with Crippen LogP contribution in [-0.4, -0.2) is 11.9 Å². The lowest BCUT2D eigenvalue weighted by Crippen LogP contribution is -2.38. The van der Waals surface area contributed by atoms with E-state index < -0.39 is 0 Å². The molecule has 2 fully saturated rings. The summed E-state index contributed by atoms with van der Waals surface area (Å²) in [6.45, 7) is 4.42. The number of unbranched alkanes of at least 4 members (excludes halogenated alkanes) is 1. The largest absolute Gasteiger partial charge is 0.353 e. The van der Waals surface area contributed by atoms with E-state index in [9.17, 15) is 4.79 Å². The fraction of sp³-hybridized carbons (Fsp3) is 0.929. The van der Waals surface area contributed by atoms with Crippen LogP contribution in [-0.2, 0) is 4.79 Å². The summed E-state index contributed by atoms with van der Waals surface area (Å²) in [7, 11) is 0. The second-order valence-corrected chi connectivity index (χ2v) is 5.77. The Bertz CT molecular complexity index is 251. The molecule has 2 saturated carbocycles. The van der Waals surface area contributed by atoms with E-state index in [2.05, 4.69) is 19.2 Å². The Morgan fingerprint density at radius 2 is 2.12 bits per heavy atom. The highest BCUT2D eigenvalue weighted by Gasteiger charge is 2.40. The highest BCUT2D eigenvalue weighted by molar-refractivity contribution is 5.81. The number of nitrogens with one attached hydrogen (secondary N) is 1. The summed E-state index contributed by atoms with van der Waals surface area (Å²) < 4.78 is 0. The van der Waals surface area contributed by atoms with Crippen LogP contribution in [0, 0.1) is 17.8 Å². The third kappa shape index (κ3) is 2.78. The second-order valence-electron chi connectivity index (χ2n) is 5.77. The quantitative estimate of drug-likeness (QED) is 0.762. The van der Waals surface area contributed by atoms with Crippen molar-refractivity contribution in [1.29, 1.82) is 0 Å². The Morgan fingerprint density at radius 3 is 2.75 bits per heavy atom. The fourth-order valence-electron chi connectivity index (χ4n) is 3.02. The van der Waals surface area contributed by atoms with Crippen molar-refractivity contribution in [3.8, 4) is 0 Å². The number of hydrogen-bond donors (Lipinski definition) is 1. The van der Waals surface area contributed by atoms with E-state index in [1.165, 1.54) is 38.5 Å². The topological polar surface area (TPSA) is 29.1 Å². The summed E-state index contributed by atoms with van der Waals surface area (Å²) in [4.78, 5) is 11.9. The van der Waals surface area contributed by atoms with Crippen LogP contribution in [0.25, 0.3) is 0 Å². The fourth-order valence-corrected chi connectivity index (χ4v) is 3.02. The highest BCUT2D eigenvalue weighted by atomic mass is 16.2. The zero-order chi connectivity index (χ0) is 11.5. The van der Waals surface area contributed by atoms with Gasteiger partial charge in [-0.15, -0.1) is 0 Å². The lowest BCUT2D eigenvalue weighted by molar-refractivity contribution is -0.123. The summed E-state index contributed by atoms with van der Waals surface area (Å²) in [5.74, 6) is 2.07. The van der Waals surface area contributed by atoms with Crippen molar-refractivity contribution >= 4 is 5.91 Å². The van der Waals surface area contributed by atoms with Gasteiger partial charge in [-0.3, -0.25) is 4.79 Å². The molecule has 0 heterocycles. The molecule has 0 unspecified atom stereocenters. The molecule has 0 aliphatic heterocycles. The molecule has 0 radical (unpaired) electrons. The minimum atomic E-state index is 0.334. The van der Waals surface area contributed by atoms with Crippen molar-refractivity contribution in [2.24, 2.45) is 17.8 Å². The van der Waals surface area contributed by atoms with Gasteiger partial charge in [0.15, 0.2) is 0 Å². The van der Waals surface area contributed by atoms with E-state index in [1.54, 1.807) is 0 Å². The summed E-state index contributed by atoms with van der Waals surface area (Å²) in [5, 5.41) is 3.29. The van der Waals surface area contributed by atoms with E-state index in [0.717, 1.165) is 12.3 Å². The van der Waals surface area contributed by atoms with Gasteiger partial charge in [0.05, 0.1) is 0 Å². The predicted octanol–water partition coefficient (Wildman–Crippen LogP) is 3.12. The smallest absolute Gasteiger partial charge is 0.223 e. The van der Waals surface area contributed by atoms with Gasteiger partial charge < -0.3 is 5.32 Å². The van der Waals surface area contributed by atoms with Gasteiger partial charge in [0.1, 0.15) is 0 Å². The van der Waals surface area contributed by atoms with E-state index >= 15 is 0 Å². The molecule has 0 spiro atoms. The molecule has 92 valence electrons. The van der Waals surface area contributed by atoms with E-state index in [0.29, 0.717) is 23.8 Å². The van der Waals surface area contributed by atoms with Gasteiger partial charge in [-0.1, -0.05) is 33.1 Å². The van der Waals surface area contributed by atoms with E-state index in [1.807, 2.05) is 0 Å². The van der Waals surface area contributed by atoms with Gasteiger partial charge in [-0.2, -0.15) is 0 Å². The van der Waals surface area contributed by atoms with Gasteiger partial charge in [0.25, 0.3) is 0 Å². The first kappa shape index (κ1) is 11.9. The van der Waals surface area contributed by atoms with Crippen molar-refractivity contribution in [2.75, 3.05) is 0 Å². The average molecular weight is 223 g/mol. The van der Waals surface area contributed by atoms with Crippen LogP contribution in [0.4, 0.5) is 0 Å². The Labute approximate surface area is 99.2 Å². The Kier molecular flexibility index (Phi) is 3.88. The summed E-state index contributed by atoms with van der Waals surface area (Å²) in [6.07, 6.45) is 8.85. The number of carbonyl (C=O) groups is 1. The first-order chi connectivity index (χ1) is 7.72. The molecule has 2 rings (SSSR count). The minimum absolute atomic E-state index is 0.334. The monoisotopic (exact) mass is 223 g/mol. The van der Waals surface area contributed by atoms with Gasteiger partial charge in [0.2, 0.25) is 5.91 Å². The Balaban J connectivity index is 1.76. The summed E-state index contributed by atoms with van der Waals surface area (Å²) in [5.41, 5.74) is 0. The molecule has 2 aliphatic rings. The lowest BCUT2D eigenvalue weighted by atomic mass is 9.96. The number of carbonyl (C=O) groups excluding carboxylic acids is 1. The molecule has 4 atom stereocenters. The third-order valence-electron chi connectivity index (χ3n) is 4.36. The molecule has 2 heteroatoms. The van der Waals surface area contributed by atoms with Crippen molar-refractivity contribution in [2.45, 2.75) is 64.8 Å². The standard InChI is InChI=1S/C14H25NO/c1-3-4-6-11-7-5-8-13(11)15-14(16)12-9-10(12)2/h10-13H,3-9H2,1-2H3,(H,15,16)/t10-,11-,12-,13+/m1/s1. The van der Waals surface area contributed by atoms with Crippen LogP contribution in [0.5, 0.6) is 0 Å². The molecular weight excluding hydrogens is 198 g/mol. The number of amides is 1. The second kappa shape index (κ2) is 5.20. The van der Waals surface area contributed by atoms with Crippen molar-refractivity contribution in [1.82, 2.24) is 5.32 Å². The molecule has 0 aromatic carbocycles. The van der Waals surface area contributed by atoms with Crippen LogP contribution >= 0.6 is 0 Å². The lowest BCUT2D eigenvalue weighted by Gasteiger charge is -2.20. The predicted molar refractivity (Wildman–Crippen MR) is 66.1 cm³/mol. The molecule has 16 heavy (non-hydrogen) atoms. The van der Waals surface area contributed by atoms with Gasteiger partial charge in [-0.05, 0) is 37.5 Å². The van der Waals surface area contributed by atoms with Crippen molar-refractivity contribution in [3.63, 3.8) is 0 Å². The Hall–Kier alpha value is -0.530. The third-order valence-corrected chi connectivity index (χ3v) is 4.36. The SMILES string of the molecule is CCCC[C@@H]1CCC[C@@H]1NC(=O)[C@@H]1C[C@H]1C. The molecule has 0 aromatic rings. The van der Waals surface area contributed by atoms with E-state index in [4.69, 9.17) is 0 Å². The molecule has 2 nitrogen and oxygen atoms in total. The molecule has 2 aliphatic carbocycles. The normalized spacial score (nSPS) is 37.4. The molecule has 0 aromatic heterocycles. The summed E-state index contributed by atoms with van der Waals surface area (Å²) in [6, 6.07) is 0.492. The minimum Gasteiger partial charge on any atom is -0.353 e. The van der Waals surface area contributed by atoms with Crippen molar-refractivity contribution in [3.05, 3.63) is 0 Å². The molecule has 1 amide bonds. The maximum atomic E-state index is 11.9. The van der Waals surface area contributed by atoms with Crippen LogP contribution in [0.15, 0.2) is 0 Å². The molecule has 1 N–H and O–H groups in total. The number of hydrogen-bond acceptors (Lipinski definition) is 1. The maximum Gasteiger partial charge on any atom is 0.223 e. The maximum absolute atomic E-state index is 11.9. The average Bonchev–Trinajstić information content (AvgIpc) is 2.84. The van der Waals surface area contributed by atoms with Crippen LogP contribution in [0.3, 0.4) is 0 Å². The first-order valence-corrected chi connectivity index (χ1v) is 7.02. The van der Waals surface area contributed by atoms with Gasteiger partial charge in [-0.25, -0.2) is 0 Å². The Morgan fingerprint density at radius 1 is 1.38 bits per heavy atom. The van der Waals surface area contributed by atoms with Crippen LogP contribution in [0.2, 0.25) is 0 Å².